The van der Waals surface area contributed by atoms with Gasteiger partial charge in [-0.3, -0.25) is 9.20 Å². The van der Waals surface area contributed by atoms with Crippen molar-refractivity contribution in [2.75, 3.05) is 5.32 Å². The van der Waals surface area contributed by atoms with Crippen molar-refractivity contribution in [3.63, 3.8) is 0 Å². The fraction of sp³-hybridized carbons (Fsp3) is 0.467. The number of amides is 1. The molecule has 5 heteroatoms. The van der Waals surface area contributed by atoms with E-state index in [1.807, 2.05) is 28.8 Å². The Hall–Kier alpha value is -1.88. The smallest absolute Gasteiger partial charge is 0.228 e. The number of carbonyl (C=O) groups excluding carboxylic acids is 1. The van der Waals surface area contributed by atoms with Crippen LogP contribution in [0.25, 0.3) is 5.65 Å². The summed E-state index contributed by atoms with van der Waals surface area (Å²) in [6.07, 6.45) is 6.63. The summed E-state index contributed by atoms with van der Waals surface area (Å²) in [5, 5.41) is 3.01. The van der Waals surface area contributed by atoms with Crippen LogP contribution in [0.15, 0.2) is 30.6 Å². The molecule has 2 aromatic heterocycles. The van der Waals surface area contributed by atoms with Crippen LogP contribution in [0.2, 0.25) is 0 Å². The largest absolute Gasteiger partial charge is 0.327 e. The first kappa shape index (κ1) is 11.9. The predicted molar refractivity (Wildman–Crippen MR) is 76.1 cm³/mol. The summed E-state index contributed by atoms with van der Waals surface area (Å²) in [6, 6.07) is 6.10. The summed E-state index contributed by atoms with van der Waals surface area (Å²) in [7, 11) is 0. The molecule has 3 N–H and O–H groups in total. The van der Waals surface area contributed by atoms with Gasteiger partial charge in [0.15, 0.2) is 0 Å². The van der Waals surface area contributed by atoms with Gasteiger partial charge in [-0.25, -0.2) is 4.98 Å². The zero-order valence-electron chi connectivity index (χ0n) is 11.2. The van der Waals surface area contributed by atoms with Gasteiger partial charge in [0.05, 0.1) is 6.20 Å². The van der Waals surface area contributed by atoms with Gasteiger partial charge in [-0.2, -0.15) is 0 Å². The molecule has 4 rings (SSSR count). The second-order valence-corrected chi connectivity index (χ2v) is 6.05. The number of hydrogen-bond acceptors (Lipinski definition) is 3. The van der Waals surface area contributed by atoms with Crippen LogP contribution in [0.5, 0.6) is 0 Å². The molecule has 2 aromatic rings. The average molecular weight is 270 g/mol. The fourth-order valence-electron chi connectivity index (χ4n) is 3.75. The molecule has 2 saturated carbocycles. The second kappa shape index (κ2) is 4.31. The van der Waals surface area contributed by atoms with Gasteiger partial charge in [-0.15, -0.1) is 0 Å². The minimum atomic E-state index is 0.104. The highest BCUT2D eigenvalue weighted by molar-refractivity contribution is 5.92. The minimum absolute atomic E-state index is 0.104. The molecule has 0 bridgehead atoms. The lowest BCUT2D eigenvalue weighted by Gasteiger charge is -2.37. The molecule has 0 radical (unpaired) electrons. The van der Waals surface area contributed by atoms with Gasteiger partial charge < -0.3 is 11.1 Å². The van der Waals surface area contributed by atoms with Crippen LogP contribution < -0.4 is 11.1 Å². The highest BCUT2D eigenvalue weighted by Gasteiger charge is 2.47. The van der Waals surface area contributed by atoms with Crippen molar-refractivity contribution in [3.8, 4) is 0 Å². The summed E-state index contributed by atoms with van der Waals surface area (Å²) in [5.41, 5.74) is 6.83. The van der Waals surface area contributed by atoms with E-state index < -0.39 is 0 Å². The number of aromatic nitrogens is 2. The summed E-state index contributed by atoms with van der Waals surface area (Å²) in [6.45, 7) is 0. The fourth-order valence-corrected chi connectivity index (χ4v) is 3.75. The second-order valence-electron chi connectivity index (χ2n) is 6.05. The quantitative estimate of drug-likeness (QED) is 0.871. The number of fused-ring (bicyclic) bond motifs is 2. The Morgan fingerprint density at radius 3 is 3.05 bits per heavy atom. The number of hydrogen-bond donors (Lipinski definition) is 2. The SMILES string of the molecule is N[C@@H]1C[C@@H]2CC(C(=O)Nc3cnc4ccccn34)C[C@@H]21. The minimum Gasteiger partial charge on any atom is -0.327 e. The van der Waals surface area contributed by atoms with Gasteiger partial charge in [-0.1, -0.05) is 6.07 Å². The highest BCUT2D eigenvalue weighted by atomic mass is 16.2. The number of imidazole rings is 1. The Bertz CT molecular complexity index is 665. The van der Waals surface area contributed by atoms with Crippen LogP contribution in [0.4, 0.5) is 5.82 Å². The first-order valence-corrected chi connectivity index (χ1v) is 7.21. The lowest BCUT2D eigenvalue weighted by molar-refractivity contribution is -0.119. The molecule has 104 valence electrons. The predicted octanol–water partition coefficient (Wildman–Crippen LogP) is 1.65. The molecule has 0 aliphatic heterocycles. The van der Waals surface area contributed by atoms with E-state index in [0.717, 1.165) is 30.7 Å². The van der Waals surface area contributed by atoms with Gasteiger partial charge in [0, 0.05) is 18.2 Å². The van der Waals surface area contributed by atoms with E-state index in [2.05, 4.69) is 10.3 Å². The van der Waals surface area contributed by atoms with Crippen molar-refractivity contribution in [1.29, 1.82) is 0 Å². The zero-order valence-corrected chi connectivity index (χ0v) is 11.2. The maximum Gasteiger partial charge on any atom is 0.228 e. The summed E-state index contributed by atoms with van der Waals surface area (Å²) < 4.78 is 1.90. The molecule has 0 aromatic carbocycles. The van der Waals surface area contributed by atoms with Gasteiger partial charge in [0.25, 0.3) is 0 Å². The van der Waals surface area contributed by atoms with Gasteiger partial charge in [0.1, 0.15) is 11.5 Å². The summed E-state index contributed by atoms with van der Waals surface area (Å²) in [4.78, 5) is 16.7. The molecule has 0 spiro atoms. The van der Waals surface area contributed by atoms with Gasteiger partial charge in [0.2, 0.25) is 5.91 Å². The van der Waals surface area contributed by atoms with E-state index in [1.165, 1.54) is 0 Å². The molecular weight excluding hydrogens is 252 g/mol. The van der Waals surface area contributed by atoms with Crippen molar-refractivity contribution in [1.82, 2.24) is 9.38 Å². The van der Waals surface area contributed by atoms with E-state index in [4.69, 9.17) is 5.73 Å². The first-order chi connectivity index (χ1) is 9.72. The number of nitrogens with zero attached hydrogens (tertiary/aromatic N) is 2. The molecule has 2 fully saturated rings. The van der Waals surface area contributed by atoms with Gasteiger partial charge in [-0.05, 0) is 43.2 Å². The third-order valence-corrected chi connectivity index (χ3v) is 4.91. The monoisotopic (exact) mass is 270 g/mol. The number of anilines is 1. The first-order valence-electron chi connectivity index (χ1n) is 7.21. The molecule has 0 saturated heterocycles. The van der Waals surface area contributed by atoms with E-state index in [0.29, 0.717) is 17.9 Å². The van der Waals surface area contributed by atoms with Crippen molar-refractivity contribution in [2.45, 2.75) is 25.3 Å². The third kappa shape index (κ3) is 1.73. The molecule has 2 aliphatic rings. The third-order valence-electron chi connectivity index (χ3n) is 4.91. The van der Waals surface area contributed by atoms with Crippen LogP contribution >= 0.6 is 0 Å². The maximum atomic E-state index is 12.4. The number of rotatable bonds is 2. The number of nitrogens with one attached hydrogen (secondary N) is 1. The number of nitrogens with two attached hydrogens (primary N) is 1. The topological polar surface area (TPSA) is 72.4 Å². The molecule has 1 unspecified atom stereocenters. The van der Waals surface area contributed by atoms with Crippen LogP contribution in [0, 0.1) is 17.8 Å². The Kier molecular flexibility index (Phi) is 2.57. The van der Waals surface area contributed by atoms with Gasteiger partial charge >= 0.3 is 0 Å². The van der Waals surface area contributed by atoms with Crippen LogP contribution in [0.1, 0.15) is 19.3 Å². The van der Waals surface area contributed by atoms with Crippen LogP contribution in [-0.2, 0) is 4.79 Å². The van der Waals surface area contributed by atoms with E-state index in [9.17, 15) is 4.79 Å². The Morgan fingerprint density at radius 1 is 1.35 bits per heavy atom. The normalized spacial score (nSPS) is 31.9. The molecule has 1 amide bonds. The Morgan fingerprint density at radius 2 is 2.25 bits per heavy atom. The van der Waals surface area contributed by atoms with Crippen molar-refractivity contribution in [2.24, 2.45) is 23.5 Å². The molecule has 4 atom stereocenters. The number of pyridine rings is 1. The standard InChI is InChI=1S/C15H18N4O/c16-12-7-9-5-10(6-11(9)12)15(20)18-14-8-17-13-3-1-2-4-19(13)14/h1-4,8-12H,5-7,16H2,(H,18,20)/t9-,10?,11-,12+/m0/s1. The lowest BCUT2D eigenvalue weighted by atomic mass is 9.72. The Labute approximate surface area is 117 Å². The number of carbonyl (C=O) groups is 1. The van der Waals surface area contributed by atoms with Crippen molar-refractivity contribution >= 4 is 17.4 Å². The molecule has 2 heterocycles. The molecule has 20 heavy (non-hydrogen) atoms. The summed E-state index contributed by atoms with van der Waals surface area (Å²) in [5.74, 6) is 2.19. The summed E-state index contributed by atoms with van der Waals surface area (Å²) >= 11 is 0. The maximum absolute atomic E-state index is 12.4. The van der Waals surface area contributed by atoms with Crippen molar-refractivity contribution < 1.29 is 4.79 Å². The van der Waals surface area contributed by atoms with Crippen LogP contribution in [0.3, 0.4) is 0 Å². The lowest BCUT2D eigenvalue weighted by Crippen LogP contribution is -2.44. The molecular formula is C15H18N4O. The van der Waals surface area contributed by atoms with Crippen LogP contribution in [-0.4, -0.2) is 21.3 Å². The van der Waals surface area contributed by atoms with E-state index in [1.54, 1.807) is 6.20 Å². The van der Waals surface area contributed by atoms with Crippen molar-refractivity contribution in [3.05, 3.63) is 30.6 Å². The van der Waals surface area contributed by atoms with E-state index in [-0.39, 0.29) is 11.8 Å². The van der Waals surface area contributed by atoms with E-state index >= 15 is 0 Å². The Balaban J connectivity index is 1.50. The zero-order chi connectivity index (χ0) is 13.7. The molecule has 5 nitrogen and oxygen atoms in total. The molecule has 2 aliphatic carbocycles. The highest BCUT2D eigenvalue weighted by Crippen LogP contribution is 2.49. The average Bonchev–Trinajstić information content (AvgIpc) is 3.00.